The summed E-state index contributed by atoms with van der Waals surface area (Å²) in [5, 5.41) is 7.83. The lowest BCUT2D eigenvalue weighted by Crippen LogP contribution is -2.47. The fourth-order valence-electron chi connectivity index (χ4n) is 1.30. The molecule has 1 atom stereocenters. The molecule has 0 rings (SSSR count). The molecule has 0 bridgehead atoms. The van der Waals surface area contributed by atoms with E-state index in [0.717, 1.165) is 19.3 Å². The fourth-order valence-corrected chi connectivity index (χ4v) is 1.30. The summed E-state index contributed by atoms with van der Waals surface area (Å²) in [6, 6.07) is 0. The van der Waals surface area contributed by atoms with E-state index >= 15 is 0 Å². The average Bonchev–Trinajstić information content (AvgIpc) is 2.15. The average molecular weight is 248 g/mol. The van der Waals surface area contributed by atoms with E-state index in [9.17, 15) is 22.0 Å². The number of aliphatic hydroxyl groups is 1. The number of halogens is 5. The highest BCUT2D eigenvalue weighted by Gasteiger charge is 2.60. The summed E-state index contributed by atoms with van der Waals surface area (Å²) in [6.45, 7) is 1.96. The predicted molar refractivity (Wildman–Crippen MR) is 50.4 cm³/mol. The lowest BCUT2D eigenvalue weighted by molar-refractivity contribution is -0.342. The van der Waals surface area contributed by atoms with Gasteiger partial charge in [-0.25, -0.2) is 4.39 Å². The Labute approximate surface area is 91.6 Å². The molecular formula is C10H17F5O. The van der Waals surface area contributed by atoms with Gasteiger partial charge in [-0.15, -0.1) is 0 Å². The second-order valence-corrected chi connectivity index (χ2v) is 3.83. The summed E-state index contributed by atoms with van der Waals surface area (Å²) in [5.74, 6) is -5.00. The molecule has 1 nitrogen and oxygen atoms in total. The molecule has 16 heavy (non-hydrogen) atoms. The summed E-state index contributed by atoms with van der Waals surface area (Å²) in [6.07, 6.45) is -5.69. The minimum absolute atomic E-state index is 0.118. The van der Waals surface area contributed by atoms with Gasteiger partial charge in [-0.05, 0) is 6.42 Å². The van der Waals surface area contributed by atoms with Gasteiger partial charge in [-0.1, -0.05) is 39.0 Å². The van der Waals surface area contributed by atoms with Crippen molar-refractivity contribution in [3.8, 4) is 0 Å². The Balaban J connectivity index is 3.92. The first-order valence-corrected chi connectivity index (χ1v) is 5.35. The maximum Gasteiger partial charge on any atom is 0.420 e. The summed E-state index contributed by atoms with van der Waals surface area (Å²) in [5.41, 5.74) is 0. The van der Waals surface area contributed by atoms with Crippen molar-refractivity contribution in [2.24, 2.45) is 0 Å². The van der Waals surface area contributed by atoms with Crippen LogP contribution in [0.5, 0.6) is 0 Å². The Morgan fingerprint density at radius 1 is 1.00 bits per heavy atom. The molecule has 0 fully saturated rings. The van der Waals surface area contributed by atoms with E-state index in [1.54, 1.807) is 0 Å². The van der Waals surface area contributed by atoms with Crippen LogP contribution in [0.1, 0.15) is 45.4 Å². The monoisotopic (exact) mass is 248 g/mol. The maximum atomic E-state index is 12.8. The van der Waals surface area contributed by atoms with E-state index in [1.807, 2.05) is 6.92 Å². The van der Waals surface area contributed by atoms with Gasteiger partial charge in [0.25, 0.3) is 0 Å². The zero-order valence-corrected chi connectivity index (χ0v) is 9.16. The molecule has 0 aliphatic heterocycles. The first kappa shape index (κ1) is 15.6. The van der Waals surface area contributed by atoms with Crippen LogP contribution in [0.2, 0.25) is 0 Å². The molecule has 98 valence electrons. The van der Waals surface area contributed by atoms with Gasteiger partial charge in [0.1, 0.15) is 0 Å². The molecule has 0 heterocycles. The standard InChI is InChI=1S/C10H17F5O/c1-2-3-4-5-6-7-8(11)9(12,13)10(14,15)16/h8,16H,2-7H2,1H3. The molecule has 0 aromatic rings. The van der Waals surface area contributed by atoms with Crippen LogP contribution in [-0.2, 0) is 0 Å². The Bertz CT molecular complexity index is 190. The highest BCUT2D eigenvalue weighted by Crippen LogP contribution is 2.38. The molecule has 0 aliphatic carbocycles. The van der Waals surface area contributed by atoms with E-state index in [0.29, 0.717) is 6.42 Å². The SMILES string of the molecule is CCCCCCCC(F)C(F)(F)C(O)(F)F. The van der Waals surface area contributed by atoms with E-state index in [4.69, 9.17) is 5.11 Å². The second kappa shape index (κ2) is 6.37. The molecule has 1 N–H and O–H groups in total. The van der Waals surface area contributed by atoms with Gasteiger partial charge >= 0.3 is 12.0 Å². The summed E-state index contributed by atoms with van der Waals surface area (Å²) in [7, 11) is 0. The molecule has 0 spiro atoms. The molecule has 0 aliphatic rings. The lowest BCUT2D eigenvalue weighted by Gasteiger charge is -2.24. The summed E-state index contributed by atoms with van der Waals surface area (Å²) >= 11 is 0. The highest BCUT2D eigenvalue weighted by molar-refractivity contribution is 4.83. The van der Waals surface area contributed by atoms with Crippen molar-refractivity contribution in [1.82, 2.24) is 0 Å². The largest absolute Gasteiger partial charge is 0.420 e. The van der Waals surface area contributed by atoms with Gasteiger partial charge in [-0.2, -0.15) is 17.6 Å². The third kappa shape index (κ3) is 4.63. The molecular weight excluding hydrogens is 231 g/mol. The quantitative estimate of drug-likeness (QED) is 0.510. The van der Waals surface area contributed by atoms with Gasteiger partial charge < -0.3 is 5.11 Å². The molecule has 0 saturated carbocycles. The van der Waals surface area contributed by atoms with Crippen LogP contribution in [0.3, 0.4) is 0 Å². The Morgan fingerprint density at radius 3 is 1.94 bits per heavy atom. The van der Waals surface area contributed by atoms with Crippen LogP contribution in [0.4, 0.5) is 22.0 Å². The van der Waals surface area contributed by atoms with Crippen LogP contribution in [0.15, 0.2) is 0 Å². The smallest absolute Gasteiger partial charge is 0.331 e. The van der Waals surface area contributed by atoms with Crippen LogP contribution < -0.4 is 0 Å². The molecule has 0 aromatic carbocycles. The molecule has 1 unspecified atom stereocenters. The van der Waals surface area contributed by atoms with E-state index in [1.165, 1.54) is 0 Å². The van der Waals surface area contributed by atoms with Crippen molar-refractivity contribution in [1.29, 1.82) is 0 Å². The maximum absolute atomic E-state index is 12.8. The van der Waals surface area contributed by atoms with E-state index in [2.05, 4.69) is 0 Å². The van der Waals surface area contributed by atoms with E-state index < -0.39 is 24.6 Å². The van der Waals surface area contributed by atoms with Gasteiger partial charge in [0.15, 0.2) is 6.17 Å². The minimum atomic E-state index is -5.30. The molecule has 0 radical (unpaired) electrons. The third-order valence-corrected chi connectivity index (χ3v) is 2.36. The zero-order chi connectivity index (χ0) is 12.8. The van der Waals surface area contributed by atoms with Gasteiger partial charge in [0.2, 0.25) is 0 Å². The van der Waals surface area contributed by atoms with Gasteiger partial charge in [-0.3, -0.25) is 0 Å². The zero-order valence-electron chi connectivity index (χ0n) is 9.16. The van der Waals surface area contributed by atoms with Gasteiger partial charge in [0.05, 0.1) is 0 Å². The molecule has 0 saturated heterocycles. The first-order valence-electron chi connectivity index (χ1n) is 5.35. The fraction of sp³-hybridized carbons (Fsp3) is 1.00. The van der Waals surface area contributed by atoms with Crippen LogP contribution in [0.25, 0.3) is 0 Å². The molecule has 6 heteroatoms. The Hall–Kier alpha value is -0.390. The Kier molecular flexibility index (Phi) is 6.22. The first-order chi connectivity index (χ1) is 7.23. The van der Waals surface area contributed by atoms with Crippen LogP contribution >= 0.6 is 0 Å². The number of hydrogen-bond donors (Lipinski definition) is 1. The molecule has 0 amide bonds. The number of hydrogen-bond acceptors (Lipinski definition) is 1. The lowest BCUT2D eigenvalue weighted by atomic mass is 10.0. The van der Waals surface area contributed by atoms with Gasteiger partial charge in [0, 0.05) is 0 Å². The normalized spacial score (nSPS) is 15.2. The summed E-state index contributed by atoms with van der Waals surface area (Å²) < 4.78 is 61.7. The second-order valence-electron chi connectivity index (χ2n) is 3.83. The van der Waals surface area contributed by atoms with E-state index in [-0.39, 0.29) is 6.42 Å². The number of rotatable bonds is 8. The van der Waals surface area contributed by atoms with Crippen molar-refractivity contribution in [2.45, 2.75) is 63.7 Å². The summed E-state index contributed by atoms with van der Waals surface area (Å²) in [4.78, 5) is 0. The van der Waals surface area contributed by atoms with Crippen molar-refractivity contribution < 1.29 is 27.1 Å². The Morgan fingerprint density at radius 2 is 1.50 bits per heavy atom. The molecule has 0 aromatic heterocycles. The third-order valence-electron chi connectivity index (χ3n) is 2.36. The minimum Gasteiger partial charge on any atom is -0.331 e. The van der Waals surface area contributed by atoms with Crippen molar-refractivity contribution in [3.05, 3.63) is 0 Å². The van der Waals surface area contributed by atoms with Crippen LogP contribution in [-0.4, -0.2) is 23.3 Å². The van der Waals surface area contributed by atoms with Crippen LogP contribution in [0, 0.1) is 0 Å². The predicted octanol–water partition coefficient (Wildman–Crippen LogP) is 3.91. The van der Waals surface area contributed by atoms with Crippen molar-refractivity contribution in [3.63, 3.8) is 0 Å². The highest BCUT2D eigenvalue weighted by atomic mass is 19.3. The topological polar surface area (TPSA) is 20.2 Å². The van der Waals surface area contributed by atoms with Crippen molar-refractivity contribution in [2.75, 3.05) is 0 Å². The van der Waals surface area contributed by atoms with Crippen molar-refractivity contribution >= 4 is 0 Å². The number of alkyl halides is 5. The number of unbranched alkanes of at least 4 members (excludes halogenated alkanes) is 4.